The van der Waals surface area contributed by atoms with Crippen molar-refractivity contribution >= 4 is 40.9 Å². The molecule has 0 aromatic heterocycles. The van der Waals surface area contributed by atoms with Gasteiger partial charge in [0.15, 0.2) is 29.0 Å². The number of carboxylic acid groups (broad SMARTS) is 1. The number of aliphatic carboxylic acids is 1. The molecule has 0 bridgehead atoms. The maximum absolute atomic E-state index is 13.8. The molecule has 3 amide bonds. The van der Waals surface area contributed by atoms with E-state index in [0.717, 1.165) is 6.92 Å². The summed E-state index contributed by atoms with van der Waals surface area (Å²) in [4.78, 5) is 71.7. The Morgan fingerprint density at radius 2 is 1.48 bits per heavy atom. The van der Waals surface area contributed by atoms with E-state index in [9.17, 15) is 46.3 Å². The number of rotatable bonds is 12. The second-order valence-electron chi connectivity index (χ2n) is 8.33. The van der Waals surface area contributed by atoms with Crippen molar-refractivity contribution in [3.05, 3.63) is 59.2 Å². The van der Waals surface area contributed by atoms with Crippen LogP contribution >= 0.6 is 0 Å². The first-order valence-corrected chi connectivity index (χ1v) is 11.4. The standard InChI is InChI=1S/C25H23F4N3O8/c1-11(30-24(38)25(39)31-14-5-3-13(4-6-14)12(2)33)23(37)32-17(7-8-19(35)36)18(34)10-40-22-20(28)15(26)9-16(27)21(22)29/h3-6,9,11,17H,7-8,10H2,1-2H3,(H,30,38)(H,31,39)(H,32,37)(H,35,36)/t11-,17-/m0/s1. The van der Waals surface area contributed by atoms with Crippen molar-refractivity contribution in [1.82, 2.24) is 10.6 Å². The minimum Gasteiger partial charge on any atom is -0.481 e. The highest BCUT2D eigenvalue weighted by molar-refractivity contribution is 6.40. The van der Waals surface area contributed by atoms with Crippen LogP contribution in [0.4, 0.5) is 23.2 Å². The van der Waals surface area contributed by atoms with E-state index in [4.69, 9.17) is 5.11 Å². The number of halogens is 4. The van der Waals surface area contributed by atoms with Crippen molar-refractivity contribution in [2.24, 2.45) is 0 Å². The number of ketones is 2. The van der Waals surface area contributed by atoms with Gasteiger partial charge >= 0.3 is 17.8 Å². The van der Waals surface area contributed by atoms with Crippen LogP contribution in [0.2, 0.25) is 0 Å². The Hall–Kier alpha value is -4.82. The molecule has 4 N–H and O–H groups in total. The Balaban J connectivity index is 2.02. The number of hydrogen-bond donors (Lipinski definition) is 4. The molecule has 0 spiro atoms. The minimum atomic E-state index is -1.91. The van der Waals surface area contributed by atoms with Crippen molar-refractivity contribution in [2.45, 2.75) is 38.8 Å². The number of benzene rings is 2. The first kappa shape index (κ1) is 31.4. The SMILES string of the molecule is CC(=O)c1ccc(NC(=O)C(=O)N[C@@H](C)C(=O)N[C@@H](CCC(=O)O)C(=O)COc2c(F)c(F)cc(F)c2F)cc1. The maximum atomic E-state index is 13.8. The van der Waals surface area contributed by atoms with E-state index in [0.29, 0.717) is 5.56 Å². The van der Waals surface area contributed by atoms with E-state index < -0.39 is 90.0 Å². The van der Waals surface area contributed by atoms with Gasteiger partial charge in [0.2, 0.25) is 17.5 Å². The van der Waals surface area contributed by atoms with Gasteiger partial charge in [-0.25, -0.2) is 8.78 Å². The van der Waals surface area contributed by atoms with Gasteiger partial charge in [0, 0.05) is 23.7 Å². The van der Waals surface area contributed by atoms with Gasteiger partial charge in [0.25, 0.3) is 0 Å². The monoisotopic (exact) mass is 569 g/mol. The number of carbonyl (C=O) groups is 6. The largest absolute Gasteiger partial charge is 0.481 e. The van der Waals surface area contributed by atoms with E-state index in [1.165, 1.54) is 31.2 Å². The number of hydrogen-bond acceptors (Lipinski definition) is 7. The highest BCUT2D eigenvalue weighted by atomic mass is 19.2. The summed E-state index contributed by atoms with van der Waals surface area (Å²) in [5.41, 5.74) is 0.538. The fourth-order valence-corrected chi connectivity index (χ4v) is 3.10. The van der Waals surface area contributed by atoms with Crippen LogP contribution in [-0.2, 0) is 24.0 Å². The second kappa shape index (κ2) is 13.8. The lowest BCUT2D eigenvalue weighted by atomic mass is 10.1. The molecule has 40 heavy (non-hydrogen) atoms. The molecule has 0 saturated carbocycles. The van der Waals surface area contributed by atoms with Gasteiger partial charge in [0.1, 0.15) is 12.6 Å². The number of anilines is 1. The lowest BCUT2D eigenvalue weighted by Crippen LogP contribution is -2.52. The van der Waals surface area contributed by atoms with Crippen LogP contribution in [0, 0.1) is 23.3 Å². The van der Waals surface area contributed by atoms with Gasteiger partial charge in [-0.1, -0.05) is 0 Å². The van der Waals surface area contributed by atoms with Crippen LogP contribution in [0.1, 0.15) is 37.0 Å². The van der Waals surface area contributed by atoms with Crippen molar-refractivity contribution in [3.8, 4) is 5.75 Å². The van der Waals surface area contributed by atoms with Gasteiger partial charge < -0.3 is 25.8 Å². The molecule has 2 rings (SSSR count). The molecule has 0 fully saturated rings. The van der Waals surface area contributed by atoms with Crippen molar-refractivity contribution < 1.29 is 56.2 Å². The first-order valence-electron chi connectivity index (χ1n) is 11.4. The molecule has 2 atom stereocenters. The molecule has 0 aliphatic carbocycles. The summed E-state index contributed by atoms with van der Waals surface area (Å²) < 4.78 is 58.9. The summed E-state index contributed by atoms with van der Waals surface area (Å²) in [5.74, 6) is -15.1. The van der Waals surface area contributed by atoms with Gasteiger partial charge in [-0.3, -0.25) is 28.8 Å². The number of nitrogens with one attached hydrogen (secondary N) is 3. The number of amides is 3. The van der Waals surface area contributed by atoms with Crippen molar-refractivity contribution in [2.75, 3.05) is 11.9 Å². The molecule has 11 nitrogen and oxygen atoms in total. The highest BCUT2D eigenvalue weighted by Gasteiger charge is 2.28. The van der Waals surface area contributed by atoms with Gasteiger partial charge in [-0.15, -0.1) is 0 Å². The first-order chi connectivity index (χ1) is 18.7. The van der Waals surface area contributed by atoms with E-state index in [1.807, 2.05) is 0 Å². The Kier molecular flexibility index (Phi) is 10.8. The van der Waals surface area contributed by atoms with Crippen LogP contribution in [0.25, 0.3) is 0 Å². The molecule has 0 aliphatic rings. The van der Waals surface area contributed by atoms with Crippen molar-refractivity contribution in [1.29, 1.82) is 0 Å². The lowest BCUT2D eigenvalue weighted by molar-refractivity contribution is -0.139. The average molecular weight is 569 g/mol. The van der Waals surface area contributed by atoms with E-state index in [1.54, 1.807) is 0 Å². The van der Waals surface area contributed by atoms with Crippen molar-refractivity contribution in [3.63, 3.8) is 0 Å². The maximum Gasteiger partial charge on any atom is 0.313 e. The van der Waals surface area contributed by atoms with Crippen LogP contribution in [0.5, 0.6) is 5.75 Å². The minimum absolute atomic E-state index is 0.0740. The third kappa shape index (κ3) is 8.61. The number of carboxylic acids is 1. The fourth-order valence-electron chi connectivity index (χ4n) is 3.10. The number of ether oxygens (including phenoxy) is 1. The fraction of sp³-hybridized carbons (Fsp3) is 0.280. The van der Waals surface area contributed by atoms with Crippen LogP contribution in [0.15, 0.2) is 30.3 Å². The third-order valence-electron chi connectivity index (χ3n) is 5.28. The lowest BCUT2D eigenvalue weighted by Gasteiger charge is -2.20. The summed E-state index contributed by atoms with van der Waals surface area (Å²) in [6, 6.07) is 2.43. The quantitative estimate of drug-likeness (QED) is 0.130. The zero-order valence-corrected chi connectivity index (χ0v) is 21.0. The Morgan fingerprint density at radius 1 is 0.900 bits per heavy atom. The van der Waals surface area contributed by atoms with Gasteiger partial charge in [0.05, 0.1) is 6.04 Å². The number of Topliss-reactive ketones (excluding diaryl/α,β-unsaturated/α-hetero) is 2. The molecule has 0 saturated heterocycles. The van der Waals surface area contributed by atoms with Crippen LogP contribution < -0.4 is 20.7 Å². The number of carbonyl (C=O) groups excluding carboxylic acids is 5. The molecule has 15 heteroatoms. The molecule has 0 radical (unpaired) electrons. The average Bonchev–Trinajstić information content (AvgIpc) is 2.89. The van der Waals surface area contributed by atoms with Crippen LogP contribution in [-0.4, -0.2) is 59.1 Å². The van der Waals surface area contributed by atoms with Gasteiger partial charge in [-0.2, -0.15) is 8.78 Å². The van der Waals surface area contributed by atoms with E-state index >= 15 is 0 Å². The molecule has 2 aromatic carbocycles. The predicted octanol–water partition coefficient (Wildman–Crippen LogP) is 1.89. The molecule has 0 unspecified atom stereocenters. The molecule has 214 valence electrons. The molecular formula is C25H23F4N3O8. The topological polar surface area (TPSA) is 168 Å². The summed E-state index contributed by atoms with van der Waals surface area (Å²) in [6.45, 7) is 1.26. The smallest absolute Gasteiger partial charge is 0.313 e. The summed E-state index contributed by atoms with van der Waals surface area (Å²) >= 11 is 0. The Labute approximate surface area is 223 Å². The Morgan fingerprint density at radius 3 is 2.00 bits per heavy atom. The third-order valence-corrected chi connectivity index (χ3v) is 5.28. The molecular weight excluding hydrogens is 546 g/mol. The predicted molar refractivity (Wildman–Crippen MR) is 128 cm³/mol. The highest BCUT2D eigenvalue weighted by Crippen LogP contribution is 2.26. The molecule has 2 aromatic rings. The zero-order chi connectivity index (χ0) is 30.1. The van der Waals surface area contributed by atoms with E-state index in [-0.39, 0.29) is 17.5 Å². The normalized spacial score (nSPS) is 12.1. The molecule has 0 heterocycles. The second-order valence-corrected chi connectivity index (χ2v) is 8.33. The van der Waals surface area contributed by atoms with E-state index in [2.05, 4.69) is 20.7 Å². The van der Waals surface area contributed by atoms with Crippen LogP contribution in [0.3, 0.4) is 0 Å². The zero-order valence-electron chi connectivity index (χ0n) is 21.0. The summed E-state index contributed by atoms with van der Waals surface area (Å²) in [5, 5.41) is 15.4. The van der Waals surface area contributed by atoms with Gasteiger partial charge in [-0.05, 0) is 44.5 Å². The summed E-state index contributed by atoms with van der Waals surface area (Å²) in [7, 11) is 0. The molecule has 0 aliphatic heterocycles. The summed E-state index contributed by atoms with van der Waals surface area (Å²) in [6.07, 6.45) is -1.18. The Bertz CT molecular complexity index is 1310.